The Bertz CT molecular complexity index is 373. The van der Waals surface area contributed by atoms with Crippen molar-refractivity contribution in [1.82, 2.24) is 4.90 Å². The lowest BCUT2D eigenvalue weighted by atomic mass is 10.1. The van der Waals surface area contributed by atoms with E-state index in [0.29, 0.717) is 5.96 Å². The Hall–Kier alpha value is -0.780. The maximum atomic E-state index is 5.91. The van der Waals surface area contributed by atoms with Gasteiger partial charge in [0.2, 0.25) is 0 Å². The van der Waals surface area contributed by atoms with Gasteiger partial charge in [0.05, 0.1) is 0 Å². The van der Waals surface area contributed by atoms with Gasteiger partial charge in [-0.2, -0.15) is 0 Å². The number of nitrogens with two attached hydrogens (primary N) is 1. The number of guanidine groups is 1. The van der Waals surface area contributed by atoms with Crippen LogP contribution in [-0.4, -0.2) is 30.5 Å². The molecule has 1 aromatic carbocycles. The van der Waals surface area contributed by atoms with Gasteiger partial charge in [-0.15, -0.1) is 24.0 Å². The number of aryl methyl sites for hydroxylation is 1. The third kappa shape index (κ3) is 5.71. The summed E-state index contributed by atoms with van der Waals surface area (Å²) in [5.74, 6) is 0.655. The van der Waals surface area contributed by atoms with Crippen LogP contribution in [-0.2, 0) is 6.42 Å². The average molecular weight is 361 g/mol. The number of aliphatic imine (C=N–C) groups is 1. The van der Waals surface area contributed by atoms with Crippen LogP contribution in [0.2, 0.25) is 0 Å². The highest BCUT2D eigenvalue weighted by Gasteiger charge is 2.01. The van der Waals surface area contributed by atoms with Gasteiger partial charge < -0.3 is 10.6 Å². The molecule has 0 spiro atoms. The summed E-state index contributed by atoms with van der Waals surface area (Å²) in [7, 11) is 0. The minimum Gasteiger partial charge on any atom is -0.370 e. The number of rotatable bonds is 5. The van der Waals surface area contributed by atoms with Gasteiger partial charge in [-0.05, 0) is 32.8 Å². The van der Waals surface area contributed by atoms with E-state index in [-0.39, 0.29) is 24.0 Å². The second-order valence-electron chi connectivity index (χ2n) is 4.15. The molecule has 0 radical (unpaired) electrons. The number of halogens is 1. The van der Waals surface area contributed by atoms with Crippen molar-refractivity contribution in [1.29, 1.82) is 0 Å². The molecule has 102 valence electrons. The highest BCUT2D eigenvalue weighted by atomic mass is 127. The zero-order valence-corrected chi connectivity index (χ0v) is 13.8. The van der Waals surface area contributed by atoms with E-state index in [0.717, 1.165) is 26.1 Å². The first-order chi connectivity index (χ1) is 8.17. The molecule has 0 aliphatic carbocycles. The maximum absolute atomic E-state index is 5.91. The van der Waals surface area contributed by atoms with Crippen molar-refractivity contribution in [2.24, 2.45) is 10.7 Å². The molecule has 1 rings (SSSR count). The lowest BCUT2D eigenvalue weighted by Gasteiger charge is -2.19. The predicted octanol–water partition coefficient (Wildman–Crippen LogP) is 2.81. The lowest BCUT2D eigenvalue weighted by molar-refractivity contribution is 0.458. The van der Waals surface area contributed by atoms with Gasteiger partial charge in [-0.3, -0.25) is 4.99 Å². The van der Waals surface area contributed by atoms with E-state index in [9.17, 15) is 0 Å². The van der Waals surface area contributed by atoms with Crippen LogP contribution in [0.5, 0.6) is 0 Å². The van der Waals surface area contributed by atoms with Gasteiger partial charge in [-0.1, -0.05) is 29.8 Å². The van der Waals surface area contributed by atoms with Crippen LogP contribution in [0.15, 0.2) is 29.3 Å². The SMILES string of the molecule is CCN(CC)C(N)=NCCc1cccc(C)c1.I. The predicted molar refractivity (Wildman–Crippen MR) is 89.7 cm³/mol. The minimum atomic E-state index is 0. The molecule has 0 saturated heterocycles. The van der Waals surface area contributed by atoms with E-state index < -0.39 is 0 Å². The second-order valence-corrected chi connectivity index (χ2v) is 4.15. The number of hydrogen-bond donors (Lipinski definition) is 1. The molecule has 0 unspecified atom stereocenters. The summed E-state index contributed by atoms with van der Waals surface area (Å²) >= 11 is 0. The van der Waals surface area contributed by atoms with E-state index in [1.807, 2.05) is 0 Å². The third-order valence-electron chi connectivity index (χ3n) is 2.84. The summed E-state index contributed by atoms with van der Waals surface area (Å²) in [6, 6.07) is 8.53. The van der Waals surface area contributed by atoms with Gasteiger partial charge in [0, 0.05) is 19.6 Å². The molecule has 3 nitrogen and oxygen atoms in total. The monoisotopic (exact) mass is 361 g/mol. The second kappa shape index (κ2) is 9.19. The van der Waals surface area contributed by atoms with Crippen LogP contribution in [0, 0.1) is 6.92 Å². The molecular formula is C14H24IN3. The van der Waals surface area contributed by atoms with Crippen LogP contribution in [0.4, 0.5) is 0 Å². The molecular weight excluding hydrogens is 337 g/mol. The van der Waals surface area contributed by atoms with E-state index >= 15 is 0 Å². The highest BCUT2D eigenvalue weighted by Crippen LogP contribution is 2.04. The van der Waals surface area contributed by atoms with Gasteiger partial charge in [0.15, 0.2) is 5.96 Å². The maximum Gasteiger partial charge on any atom is 0.191 e. The van der Waals surface area contributed by atoms with Crippen molar-refractivity contribution >= 4 is 29.9 Å². The Morgan fingerprint density at radius 1 is 1.28 bits per heavy atom. The molecule has 0 saturated carbocycles. The number of benzene rings is 1. The Kier molecular flexibility index (Phi) is 8.79. The molecule has 1 aromatic rings. The largest absolute Gasteiger partial charge is 0.370 e. The van der Waals surface area contributed by atoms with Crippen LogP contribution < -0.4 is 5.73 Å². The first-order valence-electron chi connectivity index (χ1n) is 6.27. The minimum absolute atomic E-state index is 0. The van der Waals surface area contributed by atoms with Crippen molar-refractivity contribution in [2.75, 3.05) is 19.6 Å². The highest BCUT2D eigenvalue weighted by molar-refractivity contribution is 14.0. The van der Waals surface area contributed by atoms with E-state index in [4.69, 9.17) is 5.73 Å². The molecule has 0 aliphatic rings. The Balaban J connectivity index is 0.00000289. The molecule has 0 fully saturated rings. The molecule has 0 heterocycles. The summed E-state index contributed by atoms with van der Waals surface area (Å²) in [4.78, 5) is 6.48. The third-order valence-corrected chi connectivity index (χ3v) is 2.84. The van der Waals surface area contributed by atoms with Crippen molar-refractivity contribution in [3.05, 3.63) is 35.4 Å². The van der Waals surface area contributed by atoms with Crippen LogP contribution >= 0.6 is 24.0 Å². The molecule has 0 aliphatic heterocycles. The van der Waals surface area contributed by atoms with Crippen LogP contribution in [0.1, 0.15) is 25.0 Å². The average Bonchev–Trinajstić information content (AvgIpc) is 2.30. The molecule has 0 bridgehead atoms. The first kappa shape index (κ1) is 17.2. The van der Waals surface area contributed by atoms with Gasteiger partial charge in [0.1, 0.15) is 0 Å². The van der Waals surface area contributed by atoms with E-state index in [1.54, 1.807) is 0 Å². The zero-order chi connectivity index (χ0) is 12.7. The first-order valence-corrected chi connectivity index (χ1v) is 6.27. The summed E-state index contributed by atoms with van der Waals surface area (Å²) in [5.41, 5.74) is 8.52. The molecule has 0 amide bonds. The molecule has 0 atom stereocenters. The molecule has 4 heteroatoms. The normalized spacial score (nSPS) is 10.9. The van der Waals surface area contributed by atoms with E-state index in [2.05, 4.69) is 54.9 Å². The smallest absolute Gasteiger partial charge is 0.191 e. The Labute approximate surface area is 127 Å². The fourth-order valence-electron chi connectivity index (χ4n) is 1.81. The number of hydrogen-bond acceptors (Lipinski definition) is 1. The Morgan fingerprint density at radius 2 is 1.94 bits per heavy atom. The van der Waals surface area contributed by atoms with Crippen molar-refractivity contribution in [2.45, 2.75) is 27.2 Å². The van der Waals surface area contributed by atoms with Crippen molar-refractivity contribution in [3.63, 3.8) is 0 Å². The lowest BCUT2D eigenvalue weighted by Crippen LogP contribution is -2.37. The van der Waals surface area contributed by atoms with Gasteiger partial charge >= 0.3 is 0 Å². The van der Waals surface area contributed by atoms with Gasteiger partial charge in [0.25, 0.3) is 0 Å². The number of nitrogens with zero attached hydrogens (tertiary/aromatic N) is 2. The topological polar surface area (TPSA) is 41.6 Å². The molecule has 0 aromatic heterocycles. The van der Waals surface area contributed by atoms with Crippen molar-refractivity contribution in [3.8, 4) is 0 Å². The quantitative estimate of drug-likeness (QED) is 0.498. The summed E-state index contributed by atoms with van der Waals surface area (Å²) in [6.45, 7) is 8.87. The summed E-state index contributed by atoms with van der Waals surface area (Å²) < 4.78 is 0. The fraction of sp³-hybridized carbons (Fsp3) is 0.500. The standard InChI is InChI=1S/C14H23N3.HI/c1-4-17(5-2)14(15)16-10-9-13-8-6-7-12(3)11-13;/h6-8,11H,4-5,9-10H2,1-3H3,(H2,15,16);1H. The molecule has 18 heavy (non-hydrogen) atoms. The Morgan fingerprint density at radius 3 is 2.50 bits per heavy atom. The fourth-order valence-corrected chi connectivity index (χ4v) is 1.81. The zero-order valence-electron chi connectivity index (χ0n) is 11.5. The van der Waals surface area contributed by atoms with Crippen LogP contribution in [0.25, 0.3) is 0 Å². The summed E-state index contributed by atoms with van der Waals surface area (Å²) in [5, 5.41) is 0. The van der Waals surface area contributed by atoms with Gasteiger partial charge in [-0.25, -0.2) is 0 Å². The van der Waals surface area contributed by atoms with Crippen LogP contribution in [0.3, 0.4) is 0 Å². The van der Waals surface area contributed by atoms with Crippen molar-refractivity contribution < 1.29 is 0 Å². The summed E-state index contributed by atoms with van der Waals surface area (Å²) in [6.07, 6.45) is 0.948. The van der Waals surface area contributed by atoms with E-state index in [1.165, 1.54) is 11.1 Å². The molecule has 2 N–H and O–H groups in total.